The molecule has 0 radical (unpaired) electrons. The lowest BCUT2D eigenvalue weighted by molar-refractivity contribution is 0.0514. The maximum atomic E-state index is 14.4. The summed E-state index contributed by atoms with van der Waals surface area (Å²) in [7, 11) is 1.70. The van der Waals surface area contributed by atoms with Crippen LogP contribution >= 0.6 is 23.4 Å². The molecule has 3 aromatic heterocycles. The summed E-state index contributed by atoms with van der Waals surface area (Å²) < 4.78 is 59.8. The quantitative estimate of drug-likeness (QED) is 0.172. The molecule has 0 atom stereocenters. The van der Waals surface area contributed by atoms with Crippen molar-refractivity contribution in [1.82, 2.24) is 28.4 Å². The van der Waals surface area contributed by atoms with Crippen molar-refractivity contribution in [2.45, 2.75) is 50.4 Å². The molecule has 3 aromatic carbocycles. The van der Waals surface area contributed by atoms with E-state index in [9.17, 15) is 17.6 Å². The van der Waals surface area contributed by atoms with E-state index in [1.54, 1.807) is 40.2 Å². The van der Waals surface area contributed by atoms with Gasteiger partial charge < -0.3 is 14.0 Å². The number of aryl methyl sites for hydroxylation is 4. The molecule has 0 spiro atoms. The average Bonchev–Trinajstić information content (AvgIpc) is 3.69. The molecule has 0 fully saturated rings. The molecule has 1 aliphatic rings. The van der Waals surface area contributed by atoms with Crippen LogP contribution in [0.25, 0.3) is 32.8 Å². The monoisotopic (exact) mass is 778 g/mol. The van der Waals surface area contributed by atoms with Crippen LogP contribution in [-0.2, 0) is 61.2 Å². The van der Waals surface area contributed by atoms with Crippen molar-refractivity contribution in [2.75, 3.05) is 19.5 Å². The Balaban J connectivity index is 1.43. The van der Waals surface area contributed by atoms with Crippen molar-refractivity contribution in [1.29, 1.82) is 0 Å². The molecule has 8 bridgehead atoms. The molecule has 6 aromatic rings. The van der Waals surface area contributed by atoms with Gasteiger partial charge in [-0.05, 0) is 80.1 Å². The van der Waals surface area contributed by atoms with Crippen LogP contribution in [0.15, 0.2) is 53.4 Å². The summed E-state index contributed by atoms with van der Waals surface area (Å²) in [6.45, 7) is 4.18. The minimum atomic E-state index is -3.75. The Morgan fingerprint density at radius 1 is 1.02 bits per heavy atom. The van der Waals surface area contributed by atoms with Crippen LogP contribution in [0.2, 0.25) is 5.02 Å². The lowest BCUT2D eigenvalue weighted by Gasteiger charge is -2.19. The Hall–Kier alpha value is -4.37. The van der Waals surface area contributed by atoms with Crippen LogP contribution in [0, 0.1) is 12.7 Å². The first-order valence-electron chi connectivity index (χ1n) is 17.2. The number of sulfonamides is 1. The van der Waals surface area contributed by atoms with Crippen molar-refractivity contribution in [2.24, 2.45) is 21.1 Å². The van der Waals surface area contributed by atoms with Crippen molar-refractivity contribution in [3.05, 3.63) is 93.4 Å². The van der Waals surface area contributed by atoms with Gasteiger partial charge in [0.25, 0.3) is 0 Å². The van der Waals surface area contributed by atoms with Gasteiger partial charge in [-0.3, -0.25) is 9.36 Å². The number of nitrogens with zero attached hydrogens (tertiary/aromatic N) is 6. The van der Waals surface area contributed by atoms with Crippen molar-refractivity contribution >= 4 is 61.0 Å². The highest BCUT2D eigenvalue weighted by Gasteiger charge is 2.30. The van der Waals surface area contributed by atoms with Crippen molar-refractivity contribution < 1.29 is 27.1 Å². The second kappa shape index (κ2) is 14.5. The maximum absolute atomic E-state index is 14.4. The summed E-state index contributed by atoms with van der Waals surface area (Å²) in [5, 5.41) is 12.2. The minimum Gasteiger partial charge on any atom is -0.493 e. The number of aromatic nitrogens is 5. The van der Waals surface area contributed by atoms with Gasteiger partial charge in [0, 0.05) is 65.1 Å². The molecule has 1 aliphatic heterocycles. The van der Waals surface area contributed by atoms with E-state index >= 15 is 0 Å². The predicted molar refractivity (Wildman–Crippen MR) is 205 cm³/mol. The van der Waals surface area contributed by atoms with Crippen LogP contribution in [-0.4, -0.2) is 62.3 Å². The summed E-state index contributed by atoms with van der Waals surface area (Å²) >= 11 is 8.61. The number of carbonyl (C=O) groups is 1. The zero-order valence-corrected chi connectivity index (χ0v) is 32.8. The van der Waals surface area contributed by atoms with E-state index in [2.05, 4.69) is 5.10 Å². The molecule has 0 saturated heterocycles. The number of hydrogen-bond donors (Lipinski definition) is 0. The molecule has 11 nitrogen and oxygen atoms in total. The van der Waals surface area contributed by atoms with Gasteiger partial charge in [-0.25, -0.2) is 17.6 Å². The second-order valence-corrected chi connectivity index (χ2v) is 16.7. The summed E-state index contributed by atoms with van der Waals surface area (Å²) in [6, 6.07) is 14.1. The van der Waals surface area contributed by atoms with Crippen LogP contribution in [0.4, 0.5) is 4.39 Å². The molecular weight excluding hydrogens is 739 g/mol. The van der Waals surface area contributed by atoms with Crippen LogP contribution in [0.3, 0.4) is 0 Å². The van der Waals surface area contributed by atoms with E-state index in [0.717, 1.165) is 32.6 Å². The minimum absolute atomic E-state index is 0.0128. The molecule has 0 N–H and O–H groups in total. The van der Waals surface area contributed by atoms with Crippen molar-refractivity contribution in [3.63, 3.8) is 0 Å². The smallest absolute Gasteiger partial charge is 0.355 e. The molecule has 4 heterocycles. The van der Waals surface area contributed by atoms with Gasteiger partial charge in [-0.1, -0.05) is 17.7 Å². The zero-order chi connectivity index (χ0) is 37.8. The summed E-state index contributed by atoms with van der Waals surface area (Å²) in [5.41, 5.74) is 5.98. The highest BCUT2D eigenvalue weighted by atomic mass is 35.5. The maximum Gasteiger partial charge on any atom is 0.355 e. The fraction of sp³-hybridized carbons (Fsp3) is 0.342. The number of halogens is 2. The highest BCUT2D eigenvalue weighted by molar-refractivity contribution is 7.98. The first-order valence-corrected chi connectivity index (χ1v) is 20.4. The molecule has 53 heavy (non-hydrogen) atoms. The van der Waals surface area contributed by atoms with E-state index in [1.807, 2.05) is 56.9 Å². The van der Waals surface area contributed by atoms with Gasteiger partial charge >= 0.3 is 5.97 Å². The third-order valence-corrected chi connectivity index (χ3v) is 12.3. The van der Waals surface area contributed by atoms with E-state index in [0.29, 0.717) is 75.1 Å². The number of fused-ring (bicyclic) bond motifs is 8. The third-order valence-electron chi connectivity index (χ3n) is 9.76. The second-order valence-electron chi connectivity index (χ2n) is 13.3. The Morgan fingerprint density at radius 3 is 2.55 bits per heavy atom. The summed E-state index contributed by atoms with van der Waals surface area (Å²) in [4.78, 5) is 14.5. The number of esters is 1. The first kappa shape index (κ1) is 37.0. The first-order chi connectivity index (χ1) is 25.2. The highest BCUT2D eigenvalue weighted by Crippen LogP contribution is 2.43. The molecule has 7 rings (SSSR count). The molecule has 278 valence electrons. The normalized spacial score (nSPS) is 14.6. The molecular formula is C38H40ClFN6O5S2. The SMILES string of the molecule is CCOC(=O)c1c2c3ccc(Cl)c(c3n1C)-c1c(nn(C)c1C)CN(S(C)(=O)=O)Cc1cc(n(C)n1)CSc1cc(c3ccc(F)cc3c1)OCCC2. The number of benzene rings is 3. The van der Waals surface area contributed by atoms with Gasteiger partial charge in [-0.15, -0.1) is 11.8 Å². The fourth-order valence-corrected chi connectivity index (χ4v) is 9.11. The van der Waals surface area contributed by atoms with E-state index in [4.69, 9.17) is 26.2 Å². The number of ether oxygens (including phenoxy) is 2. The summed E-state index contributed by atoms with van der Waals surface area (Å²) in [5.74, 6) is 0.353. The Labute approximate surface area is 316 Å². The zero-order valence-electron chi connectivity index (χ0n) is 30.4. The third kappa shape index (κ3) is 7.05. The predicted octanol–water partition coefficient (Wildman–Crippen LogP) is 7.32. The lowest BCUT2D eigenvalue weighted by atomic mass is 9.98. The van der Waals surface area contributed by atoms with E-state index in [1.165, 1.54) is 22.7 Å². The number of rotatable bonds is 3. The van der Waals surface area contributed by atoms with Gasteiger partial charge in [0.15, 0.2) is 0 Å². The Bertz CT molecular complexity index is 2530. The standard InChI is InChI=1S/C38H40ClFN6O5S2/c1-7-50-38(47)37-29-9-8-14-51-33-18-27(16-23-15-24(40)10-11-28(23)33)52-21-26-17-25(41-45(26)5)19-46(53(6,48)49)20-32-34(22(2)44(4)42-32)35-31(39)13-12-30(29)36(35)43(37)3/h10-13,15-18H,7-9,14,19-21H2,1-6H3. The molecule has 0 unspecified atom stereocenters. The van der Waals surface area contributed by atoms with Crippen LogP contribution < -0.4 is 4.74 Å². The molecule has 0 saturated carbocycles. The number of thioether (sulfide) groups is 1. The average molecular weight is 779 g/mol. The van der Waals surface area contributed by atoms with Crippen molar-refractivity contribution in [3.8, 4) is 16.9 Å². The van der Waals surface area contributed by atoms with Crippen LogP contribution in [0.5, 0.6) is 5.75 Å². The lowest BCUT2D eigenvalue weighted by Crippen LogP contribution is -2.29. The van der Waals surface area contributed by atoms with Gasteiger partial charge in [0.2, 0.25) is 10.0 Å². The topological polar surface area (TPSA) is 113 Å². The molecule has 0 aliphatic carbocycles. The van der Waals surface area contributed by atoms with Gasteiger partial charge in [0.1, 0.15) is 17.3 Å². The summed E-state index contributed by atoms with van der Waals surface area (Å²) in [6.07, 6.45) is 2.22. The Kier molecular flexibility index (Phi) is 10.1. The largest absolute Gasteiger partial charge is 0.493 e. The van der Waals surface area contributed by atoms with Gasteiger partial charge in [-0.2, -0.15) is 14.5 Å². The van der Waals surface area contributed by atoms with Crippen LogP contribution in [0.1, 0.15) is 52.2 Å². The molecule has 15 heteroatoms. The fourth-order valence-electron chi connectivity index (χ4n) is 7.16. The van der Waals surface area contributed by atoms with Gasteiger partial charge in [0.05, 0.1) is 54.5 Å². The number of carbonyl (C=O) groups excluding carboxylic acids is 1. The molecule has 0 amide bonds. The van der Waals surface area contributed by atoms with E-state index in [-0.39, 0.29) is 25.5 Å². The number of hydrogen-bond acceptors (Lipinski definition) is 8. The van der Waals surface area contributed by atoms with E-state index < -0.39 is 16.0 Å². The Morgan fingerprint density at radius 2 is 1.79 bits per heavy atom.